The number of carboxylic acid groups (broad SMARTS) is 2. The minimum absolute atomic E-state index is 0.108. The Morgan fingerprint density at radius 2 is 1.55 bits per heavy atom. The first kappa shape index (κ1) is 27.1. The zero-order valence-electron chi connectivity index (χ0n) is 19.8. The molecule has 1 aromatic heterocycles. The molecule has 0 amide bonds. The molecule has 0 radical (unpaired) electrons. The lowest BCUT2D eigenvalue weighted by Gasteiger charge is -2.10. The van der Waals surface area contributed by atoms with E-state index in [0.717, 1.165) is 54.7 Å². The van der Waals surface area contributed by atoms with Crippen LogP contribution in [0, 0.1) is 11.7 Å². The highest BCUT2D eigenvalue weighted by Crippen LogP contribution is 2.35. The molecule has 1 saturated carbocycles. The fourth-order valence-corrected chi connectivity index (χ4v) is 5.18. The second-order valence-corrected chi connectivity index (χ2v) is 9.76. The third-order valence-electron chi connectivity index (χ3n) is 6.15. The first-order valence-corrected chi connectivity index (χ1v) is 12.4. The molecule has 1 aliphatic carbocycles. The molecule has 3 aromatic carbocycles. The van der Waals surface area contributed by atoms with E-state index in [2.05, 4.69) is 10.3 Å². The van der Waals surface area contributed by atoms with Gasteiger partial charge in [-0.15, -0.1) is 0 Å². The van der Waals surface area contributed by atoms with E-state index in [0.29, 0.717) is 21.0 Å². The molecule has 5 rings (SSSR count). The summed E-state index contributed by atoms with van der Waals surface area (Å²) in [4.78, 5) is 25.3. The van der Waals surface area contributed by atoms with Gasteiger partial charge in [0.1, 0.15) is 5.82 Å². The molecule has 0 atom stereocenters. The van der Waals surface area contributed by atoms with E-state index in [9.17, 15) is 22.4 Å². The summed E-state index contributed by atoms with van der Waals surface area (Å²) in [6, 6.07) is 15.2. The van der Waals surface area contributed by atoms with Crippen LogP contribution in [0.2, 0.25) is 0 Å². The molecule has 0 unspecified atom stereocenters. The first-order valence-electron chi connectivity index (χ1n) is 11.6. The number of thiazole rings is 1. The zero-order chi connectivity index (χ0) is 27.4. The number of Topliss-reactive ketones (excluding diaryl/α,β-unsaturated/α-hetero) is 1. The Balaban J connectivity index is 0.000000786. The average molecular weight is 547 g/mol. The Hall–Kier alpha value is -3.99. The van der Waals surface area contributed by atoms with Crippen LogP contribution >= 0.6 is 11.3 Å². The number of alkyl halides is 3. The van der Waals surface area contributed by atoms with Gasteiger partial charge in [0.15, 0.2) is 10.9 Å². The van der Waals surface area contributed by atoms with E-state index >= 15 is 0 Å². The molecule has 1 fully saturated rings. The van der Waals surface area contributed by atoms with Crippen molar-refractivity contribution in [3.05, 3.63) is 77.6 Å². The summed E-state index contributed by atoms with van der Waals surface area (Å²) in [6.07, 6.45) is -2.20. The molecule has 1 heterocycles. The van der Waals surface area contributed by atoms with Crippen molar-refractivity contribution < 1.29 is 37.4 Å². The molecule has 11 heteroatoms. The molecule has 0 aliphatic heterocycles. The van der Waals surface area contributed by atoms with E-state index in [1.165, 1.54) is 12.1 Å². The van der Waals surface area contributed by atoms with Gasteiger partial charge in [0.2, 0.25) is 0 Å². The molecule has 1 aliphatic rings. The lowest BCUT2D eigenvalue weighted by Crippen LogP contribution is -2.10. The van der Waals surface area contributed by atoms with Gasteiger partial charge in [-0.1, -0.05) is 54.5 Å². The number of aromatic nitrogens is 1. The molecule has 4 aromatic rings. The number of nitrogens with zero attached hydrogens (tertiary/aromatic N) is 1. The largest absolute Gasteiger partial charge is 0.503 e. The van der Waals surface area contributed by atoms with Crippen LogP contribution in [0.3, 0.4) is 0 Å². The van der Waals surface area contributed by atoms with Gasteiger partial charge >= 0.3 is 12.3 Å². The maximum Gasteiger partial charge on any atom is 0.503 e. The highest BCUT2D eigenvalue weighted by Gasteiger charge is 2.31. The van der Waals surface area contributed by atoms with Crippen molar-refractivity contribution in [1.29, 1.82) is 0 Å². The number of rotatable bonds is 5. The minimum Gasteiger partial charge on any atom is -0.450 e. The maximum absolute atomic E-state index is 14.8. The quantitative estimate of drug-likeness (QED) is 0.172. The van der Waals surface area contributed by atoms with E-state index in [1.807, 2.05) is 12.1 Å². The van der Waals surface area contributed by atoms with Crippen molar-refractivity contribution in [3.63, 3.8) is 0 Å². The van der Waals surface area contributed by atoms with Crippen LogP contribution in [0.15, 0.2) is 60.7 Å². The number of nitrogens with one attached hydrogen (secondary N) is 1. The van der Waals surface area contributed by atoms with Gasteiger partial charge in [0.05, 0.1) is 21.5 Å². The van der Waals surface area contributed by atoms with Crippen molar-refractivity contribution in [2.45, 2.75) is 31.9 Å². The fraction of sp³-hybridized carbons (Fsp3) is 0.222. The normalized spacial score (nSPS) is 13.7. The second kappa shape index (κ2) is 11.2. The van der Waals surface area contributed by atoms with Gasteiger partial charge < -0.3 is 15.5 Å². The van der Waals surface area contributed by atoms with Crippen molar-refractivity contribution in [2.24, 2.45) is 5.92 Å². The van der Waals surface area contributed by atoms with Crippen molar-refractivity contribution in [3.8, 4) is 11.1 Å². The highest BCUT2D eigenvalue weighted by atomic mass is 32.1. The SMILES string of the molecule is O=C(O)O.O=C(c1ccc(-c2ccc(Nc3nc4cc(C(F)(F)F)ccc4s3)c(F)c2)cc1)C1CCCC1. The number of hydrogen-bond donors (Lipinski definition) is 3. The third-order valence-corrected chi connectivity index (χ3v) is 7.11. The van der Waals surface area contributed by atoms with Gasteiger partial charge in [-0.25, -0.2) is 14.2 Å². The topological polar surface area (TPSA) is 99.5 Å². The molecule has 38 heavy (non-hydrogen) atoms. The van der Waals surface area contributed by atoms with E-state index in [-0.39, 0.29) is 22.9 Å². The maximum atomic E-state index is 14.8. The van der Waals surface area contributed by atoms with Gasteiger partial charge in [-0.05, 0) is 54.3 Å². The lowest BCUT2D eigenvalue weighted by molar-refractivity contribution is -0.137. The first-order chi connectivity index (χ1) is 18.0. The second-order valence-electron chi connectivity index (χ2n) is 8.72. The van der Waals surface area contributed by atoms with Gasteiger partial charge in [0.25, 0.3) is 0 Å². The standard InChI is InChI=1S/C26H20F4N2OS.CH2O3/c27-20-13-18(15-5-7-17(8-6-15)24(33)16-3-1-2-4-16)9-11-21(20)31-25-32-22-14-19(26(28,29)30)10-12-23(22)34-25;2-1(3)4/h5-14,16H,1-4H2,(H,31,32);(H2,2,3,4). The Morgan fingerprint density at radius 3 is 2.16 bits per heavy atom. The van der Waals surface area contributed by atoms with E-state index in [4.69, 9.17) is 15.0 Å². The summed E-state index contributed by atoms with van der Waals surface area (Å²) in [5.41, 5.74) is 1.72. The van der Waals surface area contributed by atoms with Gasteiger partial charge in [-0.3, -0.25) is 4.79 Å². The summed E-state index contributed by atoms with van der Waals surface area (Å²) >= 11 is 1.15. The number of benzene rings is 3. The molecule has 6 nitrogen and oxygen atoms in total. The highest BCUT2D eigenvalue weighted by molar-refractivity contribution is 7.22. The Morgan fingerprint density at radius 1 is 0.921 bits per heavy atom. The van der Waals surface area contributed by atoms with Gasteiger partial charge in [-0.2, -0.15) is 13.2 Å². The van der Waals surface area contributed by atoms with Crippen LogP contribution in [0.1, 0.15) is 41.6 Å². The van der Waals surface area contributed by atoms with Gasteiger partial charge in [0, 0.05) is 11.5 Å². The van der Waals surface area contributed by atoms with Crippen LogP contribution in [0.4, 0.5) is 33.2 Å². The van der Waals surface area contributed by atoms with Crippen molar-refractivity contribution >= 4 is 44.3 Å². The van der Waals surface area contributed by atoms with Crippen LogP contribution in [0.5, 0.6) is 0 Å². The van der Waals surface area contributed by atoms with Crippen molar-refractivity contribution in [2.75, 3.05) is 5.32 Å². The Kier molecular flexibility index (Phi) is 7.96. The summed E-state index contributed by atoms with van der Waals surface area (Å²) in [7, 11) is 0. The van der Waals surface area contributed by atoms with Crippen LogP contribution in [-0.2, 0) is 6.18 Å². The fourth-order valence-electron chi connectivity index (χ4n) is 4.32. The average Bonchev–Trinajstić information content (AvgIpc) is 3.53. The molecular weight excluding hydrogens is 524 g/mol. The number of fused-ring (bicyclic) bond motifs is 1. The summed E-state index contributed by atoms with van der Waals surface area (Å²) in [6.45, 7) is 0. The Bertz CT molecular complexity index is 1460. The van der Waals surface area contributed by atoms with Crippen LogP contribution < -0.4 is 5.32 Å². The molecule has 198 valence electrons. The Labute approximate surface area is 218 Å². The third kappa shape index (κ3) is 6.46. The minimum atomic E-state index is -4.45. The summed E-state index contributed by atoms with van der Waals surface area (Å²) < 4.78 is 54.2. The number of ketones is 1. The zero-order valence-corrected chi connectivity index (χ0v) is 20.6. The monoisotopic (exact) mass is 546 g/mol. The number of hydrogen-bond acceptors (Lipinski definition) is 5. The number of halogens is 4. The number of carbonyl (C=O) groups is 2. The molecular formula is C27H22F4N2O4S. The van der Waals surface area contributed by atoms with E-state index < -0.39 is 23.7 Å². The van der Waals surface area contributed by atoms with Crippen LogP contribution in [-0.4, -0.2) is 27.1 Å². The molecule has 3 N–H and O–H groups in total. The number of carbonyl (C=O) groups excluding carboxylic acids is 1. The number of anilines is 2. The predicted octanol–water partition coefficient (Wildman–Crippen LogP) is 8.46. The summed E-state index contributed by atoms with van der Waals surface area (Å²) in [5.74, 6) is -0.233. The van der Waals surface area contributed by atoms with E-state index in [1.54, 1.807) is 24.3 Å². The smallest absolute Gasteiger partial charge is 0.450 e. The lowest BCUT2D eigenvalue weighted by atomic mass is 9.94. The molecule has 0 saturated heterocycles. The molecule has 0 bridgehead atoms. The predicted molar refractivity (Wildman–Crippen MR) is 137 cm³/mol. The molecule has 0 spiro atoms. The summed E-state index contributed by atoms with van der Waals surface area (Å²) in [5, 5.41) is 17.1. The van der Waals surface area contributed by atoms with Crippen molar-refractivity contribution in [1.82, 2.24) is 4.98 Å². The van der Waals surface area contributed by atoms with Crippen LogP contribution in [0.25, 0.3) is 21.3 Å².